The van der Waals surface area contributed by atoms with Crippen LogP contribution in [0.2, 0.25) is 0 Å². The van der Waals surface area contributed by atoms with Crippen molar-refractivity contribution < 1.29 is 19.4 Å². The fraction of sp³-hybridized carbons (Fsp3) is 0.857. The number of nitrogens with one attached hydrogen (secondary N) is 2. The van der Waals surface area contributed by atoms with Crippen LogP contribution in [0, 0.1) is 5.41 Å². The number of carbonyl (C=O) groups excluding carboxylic acids is 1. The van der Waals surface area contributed by atoms with E-state index < -0.39 is 11.4 Å². The minimum absolute atomic E-state index is 0.0921. The number of ether oxygens (including phenoxy) is 1. The SMILES string of the molecule is O=C(NCC1CCCCO1)NCC1(C(=O)O)CCCC1. The second-order valence-corrected chi connectivity index (χ2v) is 5.84. The monoisotopic (exact) mass is 284 g/mol. The lowest BCUT2D eigenvalue weighted by atomic mass is 9.86. The van der Waals surface area contributed by atoms with Crippen LogP contribution in [0.1, 0.15) is 44.9 Å². The molecule has 2 rings (SSSR count). The maximum absolute atomic E-state index is 11.7. The smallest absolute Gasteiger partial charge is 0.314 e. The third kappa shape index (κ3) is 3.85. The van der Waals surface area contributed by atoms with Crippen LogP contribution in [0.4, 0.5) is 4.79 Å². The minimum atomic E-state index is -0.800. The molecule has 0 bridgehead atoms. The van der Waals surface area contributed by atoms with Crippen molar-refractivity contribution in [2.45, 2.75) is 51.0 Å². The topological polar surface area (TPSA) is 87.7 Å². The first-order chi connectivity index (χ1) is 9.62. The predicted octanol–water partition coefficient (Wildman–Crippen LogP) is 1.50. The molecule has 1 aliphatic carbocycles. The van der Waals surface area contributed by atoms with Gasteiger partial charge in [0.05, 0.1) is 11.5 Å². The first-order valence-electron chi connectivity index (χ1n) is 7.49. The fourth-order valence-corrected chi connectivity index (χ4v) is 3.00. The van der Waals surface area contributed by atoms with Gasteiger partial charge in [0.25, 0.3) is 0 Å². The van der Waals surface area contributed by atoms with Gasteiger partial charge in [0, 0.05) is 19.7 Å². The number of carboxylic acids is 1. The number of aliphatic carboxylic acids is 1. The van der Waals surface area contributed by atoms with Crippen LogP contribution < -0.4 is 10.6 Å². The van der Waals surface area contributed by atoms with Crippen LogP contribution >= 0.6 is 0 Å². The second kappa shape index (κ2) is 6.92. The van der Waals surface area contributed by atoms with E-state index in [1.54, 1.807) is 0 Å². The molecule has 2 amide bonds. The Labute approximate surface area is 119 Å². The highest BCUT2D eigenvalue weighted by Gasteiger charge is 2.41. The zero-order chi connectivity index (χ0) is 14.4. The van der Waals surface area contributed by atoms with Gasteiger partial charge in [-0.2, -0.15) is 0 Å². The molecule has 0 spiro atoms. The molecule has 1 unspecified atom stereocenters. The molecular weight excluding hydrogens is 260 g/mol. The maximum atomic E-state index is 11.7. The van der Waals surface area contributed by atoms with Crippen LogP contribution in [0.25, 0.3) is 0 Å². The average Bonchev–Trinajstić information content (AvgIpc) is 2.94. The zero-order valence-corrected chi connectivity index (χ0v) is 11.8. The Morgan fingerprint density at radius 1 is 1.15 bits per heavy atom. The summed E-state index contributed by atoms with van der Waals surface area (Å²) >= 11 is 0. The lowest BCUT2D eigenvalue weighted by molar-refractivity contribution is -0.148. The van der Waals surface area contributed by atoms with Crippen molar-refractivity contribution in [1.29, 1.82) is 0 Å². The first kappa shape index (κ1) is 15.1. The molecule has 2 fully saturated rings. The van der Waals surface area contributed by atoms with Gasteiger partial charge in [-0.1, -0.05) is 12.8 Å². The van der Waals surface area contributed by atoms with Crippen LogP contribution in [-0.4, -0.2) is 42.9 Å². The molecule has 3 N–H and O–H groups in total. The summed E-state index contributed by atoms with van der Waals surface area (Å²) in [6.07, 6.45) is 6.42. The third-order valence-electron chi connectivity index (χ3n) is 4.37. The summed E-state index contributed by atoms with van der Waals surface area (Å²) in [7, 11) is 0. The van der Waals surface area contributed by atoms with Crippen molar-refractivity contribution in [1.82, 2.24) is 10.6 Å². The van der Waals surface area contributed by atoms with Crippen molar-refractivity contribution in [3.05, 3.63) is 0 Å². The molecule has 20 heavy (non-hydrogen) atoms. The fourth-order valence-electron chi connectivity index (χ4n) is 3.00. The Bertz CT molecular complexity index is 347. The lowest BCUT2D eigenvalue weighted by Crippen LogP contribution is -2.47. The predicted molar refractivity (Wildman–Crippen MR) is 73.5 cm³/mol. The van der Waals surface area contributed by atoms with E-state index in [4.69, 9.17) is 4.74 Å². The molecule has 0 radical (unpaired) electrons. The van der Waals surface area contributed by atoms with Gasteiger partial charge >= 0.3 is 12.0 Å². The summed E-state index contributed by atoms with van der Waals surface area (Å²) in [4.78, 5) is 23.1. The van der Waals surface area contributed by atoms with E-state index in [0.717, 1.165) is 38.7 Å². The van der Waals surface area contributed by atoms with Crippen molar-refractivity contribution in [3.63, 3.8) is 0 Å². The molecule has 0 aromatic carbocycles. The highest BCUT2D eigenvalue weighted by Crippen LogP contribution is 2.37. The molecule has 1 atom stereocenters. The van der Waals surface area contributed by atoms with Crippen LogP contribution in [0.15, 0.2) is 0 Å². The van der Waals surface area contributed by atoms with Crippen molar-refractivity contribution >= 4 is 12.0 Å². The molecule has 1 heterocycles. The number of carboxylic acid groups (broad SMARTS) is 1. The summed E-state index contributed by atoms with van der Waals surface area (Å²) in [5.74, 6) is -0.800. The van der Waals surface area contributed by atoms with Gasteiger partial charge < -0.3 is 20.5 Å². The quantitative estimate of drug-likeness (QED) is 0.714. The molecule has 1 saturated heterocycles. The zero-order valence-electron chi connectivity index (χ0n) is 11.8. The normalized spacial score (nSPS) is 25.1. The Morgan fingerprint density at radius 2 is 1.90 bits per heavy atom. The van der Waals surface area contributed by atoms with E-state index in [0.29, 0.717) is 19.4 Å². The van der Waals surface area contributed by atoms with E-state index in [1.165, 1.54) is 0 Å². The highest BCUT2D eigenvalue weighted by atomic mass is 16.5. The Morgan fingerprint density at radius 3 is 2.50 bits per heavy atom. The second-order valence-electron chi connectivity index (χ2n) is 5.84. The summed E-state index contributed by atoms with van der Waals surface area (Å²) in [5, 5.41) is 14.8. The summed E-state index contributed by atoms with van der Waals surface area (Å²) in [6, 6.07) is -0.299. The van der Waals surface area contributed by atoms with Crippen LogP contribution in [0.3, 0.4) is 0 Å². The van der Waals surface area contributed by atoms with Crippen molar-refractivity contribution in [2.75, 3.05) is 19.7 Å². The molecular formula is C14H24N2O4. The number of hydrogen-bond donors (Lipinski definition) is 3. The van der Waals surface area contributed by atoms with Gasteiger partial charge in [-0.05, 0) is 32.1 Å². The Balaban J connectivity index is 1.70. The van der Waals surface area contributed by atoms with Gasteiger partial charge in [-0.3, -0.25) is 4.79 Å². The van der Waals surface area contributed by atoms with Crippen molar-refractivity contribution in [3.8, 4) is 0 Å². The number of hydrogen-bond acceptors (Lipinski definition) is 3. The Hall–Kier alpha value is -1.30. The molecule has 6 nitrogen and oxygen atoms in total. The number of carbonyl (C=O) groups is 2. The van der Waals surface area contributed by atoms with Gasteiger partial charge in [0.2, 0.25) is 0 Å². The van der Waals surface area contributed by atoms with E-state index in [-0.39, 0.29) is 18.7 Å². The van der Waals surface area contributed by atoms with Gasteiger partial charge in [-0.15, -0.1) is 0 Å². The average molecular weight is 284 g/mol. The standard InChI is InChI=1S/C14H24N2O4/c17-12(18)14(6-2-3-7-14)10-16-13(19)15-9-11-5-1-4-8-20-11/h11H,1-10H2,(H,17,18)(H2,15,16,19). The number of urea groups is 1. The molecule has 6 heteroatoms. The van der Waals surface area contributed by atoms with E-state index in [1.807, 2.05) is 0 Å². The molecule has 114 valence electrons. The van der Waals surface area contributed by atoms with Crippen LogP contribution in [-0.2, 0) is 9.53 Å². The maximum Gasteiger partial charge on any atom is 0.314 e. The van der Waals surface area contributed by atoms with E-state index in [9.17, 15) is 14.7 Å². The van der Waals surface area contributed by atoms with Gasteiger partial charge in [0.15, 0.2) is 0 Å². The summed E-state index contributed by atoms with van der Waals surface area (Å²) < 4.78 is 5.53. The molecule has 1 saturated carbocycles. The Kier molecular flexibility index (Phi) is 5.23. The number of amides is 2. The summed E-state index contributed by atoms with van der Waals surface area (Å²) in [5.41, 5.74) is -0.765. The lowest BCUT2D eigenvalue weighted by Gasteiger charge is -2.25. The van der Waals surface area contributed by atoms with Gasteiger partial charge in [-0.25, -0.2) is 4.79 Å². The molecule has 2 aliphatic rings. The largest absolute Gasteiger partial charge is 0.481 e. The van der Waals surface area contributed by atoms with E-state index in [2.05, 4.69) is 10.6 Å². The van der Waals surface area contributed by atoms with Gasteiger partial charge in [0.1, 0.15) is 0 Å². The summed E-state index contributed by atoms with van der Waals surface area (Å²) in [6.45, 7) is 1.46. The first-order valence-corrected chi connectivity index (χ1v) is 7.49. The molecule has 1 aliphatic heterocycles. The molecule has 0 aromatic rings. The highest BCUT2D eigenvalue weighted by molar-refractivity contribution is 5.78. The number of rotatable bonds is 5. The minimum Gasteiger partial charge on any atom is -0.481 e. The van der Waals surface area contributed by atoms with Crippen molar-refractivity contribution in [2.24, 2.45) is 5.41 Å². The third-order valence-corrected chi connectivity index (χ3v) is 4.37. The van der Waals surface area contributed by atoms with Crippen LogP contribution in [0.5, 0.6) is 0 Å². The van der Waals surface area contributed by atoms with E-state index >= 15 is 0 Å². The molecule has 0 aromatic heterocycles.